The molecule has 3 N–H and O–H groups in total. The van der Waals surface area contributed by atoms with Crippen molar-refractivity contribution in [2.75, 3.05) is 18.9 Å². The summed E-state index contributed by atoms with van der Waals surface area (Å²) in [4.78, 5) is 42.7. The molecule has 0 radical (unpaired) electrons. The smallest absolute Gasteiger partial charge is 0.238 e. The average Bonchev–Trinajstić information content (AvgIpc) is 3.40. The van der Waals surface area contributed by atoms with E-state index < -0.39 is 23.0 Å². The lowest BCUT2D eigenvalue weighted by atomic mass is 9.99. The molecule has 2 aromatic heterocycles. The van der Waals surface area contributed by atoms with Gasteiger partial charge in [0.15, 0.2) is 5.78 Å². The molecule has 0 atom stereocenters. The zero-order chi connectivity index (χ0) is 32.2. The van der Waals surface area contributed by atoms with Crippen molar-refractivity contribution in [3.63, 3.8) is 0 Å². The van der Waals surface area contributed by atoms with Crippen LogP contribution in [0.4, 0.5) is 14.5 Å². The number of hydrogen-bond acceptors (Lipinski definition) is 6. The van der Waals surface area contributed by atoms with Crippen LogP contribution >= 0.6 is 36.2 Å². The fourth-order valence-corrected chi connectivity index (χ4v) is 6.57. The topological polar surface area (TPSA) is 97.4 Å². The molecule has 0 aliphatic heterocycles. The number of pyridine rings is 1. The number of halogens is 4. The highest BCUT2D eigenvalue weighted by Crippen LogP contribution is 2.39. The number of ketones is 1. The van der Waals surface area contributed by atoms with Crippen LogP contribution in [-0.4, -0.2) is 34.7 Å². The number of nitrogens with two attached hydrogens (primary N) is 1. The number of Topliss-reactive ketones (excluding diaryl/α,β-unsaturated/α-hetero) is 1. The first-order valence-corrected chi connectivity index (χ1v) is 15.4. The van der Waals surface area contributed by atoms with Crippen molar-refractivity contribution in [3.05, 3.63) is 123 Å². The number of amides is 1. The van der Waals surface area contributed by atoms with Crippen LogP contribution in [0.25, 0.3) is 20.7 Å². The molecule has 7 nitrogen and oxygen atoms in total. The Hall–Kier alpha value is -3.93. The number of thiophene rings is 1. The number of benzene rings is 3. The minimum atomic E-state index is -0.715. The van der Waals surface area contributed by atoms with E-state index in [1.807, 2.05) is 49.5 Å². The van der Waals surface area contributed by atoms with Crippen LogP contribution < -0.4 is 16.5 Å². The summed E-state index contributed by atoms with van der Waals surface area (Å²) in [5.41, 5.74) is 7.99. The molecule has 5 rings (SSSR count). The van der Waals surface area contributed by atoms with E-state index in [9.17, 15) is 23.2 Å². The molecular weight excluding hydrogens is 665 g/mol. The molecule has 12 heteroatoms. The first-order chi connectivity index (χ1) is 21.6. The zero-order valence-electron chi connectivity index (χ0n) is 26.1. The van der Waals surface area contributed by atoms with E-state index >= 15 is 0 Å². The number of carbonyl (C=O) groups is 2. The lowest BCUT2D eigenvalue weighted by Gasteiger charge is -2.18. The number of carbonyl (C=O) groups excluding carboxylic acids is 2. The van der Waals surface area contributed by atoms with Gasteiger partial charge in [0.1, 0.15) is 16.5 Å². The van der Waals surface area contributed by atoms with Crippen LogP contribution in [0, 0.1) is 17.6 Å². The predicted octanol–water partition coefficient (Wildman–Crippen LogP) is 7.27. The van der Waals surface area contributed by atoms with Gasteiger partial charge in [-0.15, -0.1) is 36.2 Å². The van der Waals surface area contributed by atoms with Gasteiger partial charge in [0.05, 0.1) is 24.0 Å². The molecule has 1 amide bonds. The lowest BCUT2D eigenvalue weighted by Crippen LogP contribution is -2.24. The average molecular weight is 702 g/mol. The van der Waals surface area contributed by atoms with Crippen LogP contribution in [-0.2, 0) is 24.4 Å². The summed E-state index contributed by atoms with van der Waals surface area (Å²) in [5, 5.41) is 3.07. The van der Waals surface area contributed by atoms with Crippen molar-refractivity contribution in [1.82, 2.24) is 9.47 Å². The molecule has 248 valence electrons. The van der Waals surface area contributed by atoms with E-state index in [1.165, 1.54) is 35.7 Å². The summed E-state index contributed by atoms with van der Waals surface area (Å²) in [6.45, 7) is 4.02. The van der Waals surface area contributed by atoms with Gasteiger partial charge >= 0.3 is 0 Å². The van der Waals surface area contributed by atoms with Gasteiger partial charge in [-0.2, -0.15) is 0 Å². The second kappa shape index (κ2) is 16.3. The van der Waals surface area contributed by atoms with Gasteiger partial charge in [-0.25, -0.2) is 8.78 Å². The summed E-state index contributed by atoms with van der Waals surface area (Å²) < 4.78 is 31.3. The summed E-state index contributed by atoms with van der Waals surface area (Å²) >= 11 is 1.32. The van der Waals surface area contributed by atoms with Gasteiger partial charge < -0.3 is 15.6 Å². The highest BCUT2D eigenvalue weighted by molar-refractivity contribution is 7.22. The van der Waals surface area contributed by atoms with Gasteiger partial charge in [0.2, 0.25) is 11.3 Å². The molecule has 47 heavy (non-hydrogen) atoms. The minimum Gasteiger partial charge on any atom is -0.334 e. The lowest BCUT2D eigenvalue weighted by molar-refractivity contribution is -0.114. The number of nitrogens with zero attached hydrogens (tertiary/aromatic N) is 2. The maximum absolute atomic E-state index is 14.9. The third kappa shape index (κ3) is 8.33. The maximum atomic E-state index is 14.9. The van der Waals surface area contributed by atoms with Crippen LogP contribution in [0.1, 0.15) is 40.9 Å². The third-order valence-electron chi connectivity index (χ3n) is 7.53. The Bertz CT molecular complexity index is 1910. The number of fused-ring (bicyclic) bond motifs is 1. The molecule has 0 saturated carbocycles. The van der Waals surface area contributed by atoms with Gasteiger partial charge in [-0.05, 0) is 48.0 Å². The Balaban J connectivity index is 0.00000300. The molecule has 0 aliphatic carbocycles. The summed E-state index contributed by atoms with van der Waals surface area (Å²) in [6.07, 6.45) is 1.43. The molecule has 0 bridgehead atoms. The normalized spacial score (nSPS) is 11.0. The van der Waals surface area contributed by atoms with Gasteiger partial charge in [-0.3, -0.25) is 19.3 Å². The summed E-state index contributed by atoms with van der Waals surface area (Å²) in [7, 11) is 1.95. The van der Waals surface area contributed by atoms with E-state index in [4.69, 9.17) is 5.73 Å². The molecule has 0 spiro atoms. The van der Waals surface area contributed by atoms with Crippen LogP contribution in [0.5, 0.6) is 0 Å². The second-order valence-corrected chi connectivity index (χ2v) is 12.3. The highest BCUT2D eigenvalue weighted by Gasteiger charge is 2.26. The summed E-state index contributed by atoms with van der Waals surface area (Å²) in [5.74, 6) is -2.57. The molecule has 0 fully saturated rings. The Labute approximate surface area is 288 Å². The van der Waals surface area contributed by atoms with Gasteiger partial charge in [0.25, 0.3) is 0 Å². The first-order valence-electron chi connectivity index (χ1n) is 14.6. The monoisotopic (exact) mass is 700 g/mol. The molecule has 0 aliphatic rings. The van der Waals surface area contributed by atoms with Gasteiger partial charge in [-0.1, -0.05) is 62.4 Å². The molecular formula is C35H36Cl2F2N4O3S. The SMILES string of the molecule is CC(C)C(=O)c1cn(Cc2c(F)cccc2F)c2sc(-c3ccc(NC(=O)CN)cc3)c(CN(C)Cc3ccccc3)c2c1=O.Cl.Cl. The van der Waals surface area contributed by atoms with Crippen molar-refractivity contribution in [3.8, 4) is 10.4 Å². The number of nitrogens with one attached hydrogen (secondary N) is 1. The zero-order valence-corrected chi connectivity index (χ0v) is 28.5. The Morgan fingerprint density at radius 2 is 1.55 bits per heavy atom. The van der Waals surface area contributed by atoms with Crippen LogP contribution in [0.2, 0.25) is 0 Å². The number of rotatable bonds is 11. The van der Waals surface area contributed by atoms with Crippen LogP contribution in [0.3, 0.4) is 0 Å². The first kappa shape index (κ1) is 37.5. The van der Waals surface area contributed by atoms with E-state index in [0.717, 1.165) is 16.0 Å². The van der Waals surface area contributed by atoms with E-state index in [-0.39, 0.29) is 60.7 Å². The molecule has 3 aromatic carbocycles. The van der Waals surface area contributed by atoms with Crippen molar-refractivity contribution >= 4 is 63.7 Å². The fraction of sp³-hybridized carbons (Fsp3) is 0.229. The minimum absolute atomic E-state index is 0. The second-order valence-electron chi connectivity index (χ2n) is 11.3. The van der Waals surface area contributed by atoms with Gasteiger partial charge in [0, 0.05) is 41.3 Å². The number of aromatic nitrogens is 1. The fourth-order valence-electron chi connectivity index (χ4n) is 5.28. The summed E-state index contributed by atoms with van der Waals surface area (Å²) in [6, 6.07) is 20.8. The molecule has 2 heterocycles. The van der Waals surface area contributed by atoms with Crippen molar-refractivity contribution in [2.24, 2.45) is 11.7 Å². The Morgan fingerprint density at radius 1 is 0.915 bits per heavy atom. The Kier molecular flexibility index (Phi) is 13.0. The molecule has 5 aromatic rings. The van der Waals surface area contributed by atoms with Crippen molar-refractivity contribution < 1.29 is 18.4 Å². The van der Waals surface area contributed by atoms with Crippen molar-refractivity contribution in [1.29, 1.82) is 0 Å². The van der Waals surface area contributed by atoms with E-state index in [0.29, 0.717) is 34.6 Å². The Morgan fingerprint density at radius 3 is 2.15 bits per heavy atom. The van der Waals surface area contributed by atoms with E-state index in [2.05, 4.69) is 10.2 Å². The predicted molar refractivity (Wildman–Crippen MR) is 190 cm³/mol. The maximum Gasteiger partial charge on any atom is 0.238 e. The quantitative estimate of drug-likeness (QED) is 0.141. The number of hydrogen-bond donors (Lipinski definition) is 2. The molecule has 0 unspecified atom stereocenters. The van der Waals surface area contributed by atoms with E-state index in [1.54, 1.807) is 30.5 Å². The van der Waals surface area contributed by atoms with Crippen molar-refractivity contribution in [2.45, 2.75) is 33.5 Å². The third-order valence-corrected chi connectivity index (χ3v) is 8.84. The largest absolute Gasteiger partial charge is 0.334 e. The highest BCUT2D eigenvalue weighted by atomic mass is 35.5. The standard InChI is InChI=1S/C35H34F2N4O3S.2ClH/c1-21(2)32(43)27-20-41(19-25-28(36)10-7-11-29(25)37)35-31(33(27)44)26(18-40(3)17-22-8-5-4-6-9-22)34(45-35)23-12-14-24(15-13-23)39-30(42)16-38;;/h4-15,20-21H,16-19,38H2,1-3H3,(H,39,42);2*1H. The van der Waals surface area contributed by atoms with Crippen LogP contribution in [0.15, 0.2) is 83.8 Å². The number of anilines is 1. The molecule has 0 saturated heterocycles.